The summed E-state index contributed by atoms with van der Waals surface area (Å²) in [6.45, 7) is 4.64. The molecule has 1 aromatic carbocycles. The normalized spacial score (nSPS) is 24.1. The summed E-state index contributed by atoms with van der Waals surface area (Å²) in [6.07, 6.45) is 1.81. The Morgan fingerprint density at radius 2 is 1.90 bits per heavy atom. The van der Waals surface area contributed by atoms with Crippen LogP contribution in [0.4, 0.5) is 0 Å². The van der Waals surface area contributed by atoms with Crippen LogP contribution in [-0.2, 0) is 14.3 Å². The predicted octanol–water partition coefficient (Wildman–Crippen LogP) is 1.50. The Kier molecular flexibility index (Phi) is 7.24. The average Bonchev–Trinajstić information content (AvgIpc) is 3.56. The van der Waals surface area contributed by atoms with Gasteiger partial charge < -0.3 is 24.4 Å². The van der Waals surface area contributed by atoms with E-state index in [0.717, 1.165) is 51.3 Å². The highest BCUT2D eigenvalue weighted by atomic mass is 32.2. The van der Waals surface area contributed by atoms with Crippen molar-refractivity contribution in [3.05, 3.63) is 23.8 Å². The van der Waals surface area contributed by atoms with E-state index in [4.69, 9.17) is 14.2 Å². The molecule has 9 heteroatoms. The van der Waals surface area contributed by atoms with Gasteiger partial charge in [-0.2, -0.15) is 0 Å². The van der Waals surface area contributed by atoms with Gasteiger partial charge in [-0.25, -0.2) is 0 Å². The molecule has 2 unspecified atom stereocenters. The van der Waals surface area contributed by atoms with Gasteiger partial charge in [0, 0.05) is 37.8 Å². The van der Waals surface area contributed by atoms with Crippen LogP contribution < -0.4 is 14.8 Å². The molecule has 2 saturated heterocycles. The minimum Gasteiger partial charge on any atom is -0.493 e. The third-order valence-electron chi connectivity index (χ3n) is 6.01. The van der Waals surface area contributed by atoms with E-state index in [1.54, 1.807) is 30.9 Å². The van der Waals surface area contributed by atoms with Crippen LogP contribution in [0, 0.1) is 5.92 Å². The molecule has 2 aliphatic heterocycles. The van der Waals surface area contributed by atoms with Crippen molar-refractivity contribution < 1.29 is 23.8 Å². The summed E-state index contributed by atoms with van der Waals surface area (Å²) in [5.74, 6) is 1.91. The molecule has 8 nitrogen and oxygen atoms in total. The second-order valence-corrected chi connectivity index (χ2v) is 9.19. The lowest BCUT2D eigenvalue weighted by Gasteiger charge is -2.30. The zero-order valence-corrected chi connectivity index (χ0v) is 19.0. The summed E-state index contributed by atoms with van der Waals surface area (Å²) in [5, 5.41) is 2.85. The summed E-state index contributed by atoms with van der Waals surface area (Å²) in [6, 6.07) is 5.25. The maximum atomic E-state index is 13.2. The molecular weight excluding hydrogens is 418 g/mol. The molecule has 0 aromatic heterocycles. The fourth-order valence-corrected chi connectivity index (χ4v) is 5.49. The Morgan fingerprint density at radius 1 is 1.16 bits per heavy atom. The molecule has 1 aliphatic carbocycles. The summed E-state index contributed by atoms with van der Waals surface area (Å²) < 4.78 is 16.2. The van der Waals surface area contributed by atoms with Crippen molar-refractivity contribution in [1.82, 2.24) is 15.1 Å². The molecule has 2 amide bonds. The van der Waals surface area contributed by atoms with Gasteiger partial charge in [0.15, 0.2) is 11.5 Å². The number of hydrogen-bond acceptors (Lipinski definition) is 7. The number of thioether (sulfide) groups is 1. The molecule has 0 bridgehead atoms. The van der Waals surface area contributed by atoms with Crippen molar-refractivity contribution in [1.29, 1.82) is 0 Å². The number of carbonyl (C=O) groups excluding carboxylic acids is 2. The molecule has 1 saturated carbocycles. The van der Waals surface area contributed by atoms with Crippen LogP contribution in [0.3, 0.4) is 0 Å². The van der Waals surface area contributed by atoms with E-state index in [-0.39, 0.29) is 23.1 Å². The van der Waals surface area contributed by atoms with Crippen LogP contribution in [0.25, 0.3) is 0 Å². The summed E-state index contributed by atoms with van der Waals surface area (Å²) >= 11 is 1.63. The van der Waals surface area contributed by atoms with Crippen LogP contribution in [0.1, 0.15) is 23.8 Å². The second-order valence-electron chi connectivity index (χ2n) is 8.08. The zero-order chi connectivity index (χ0) is 21.8. The Bertz CT molecular complexity index is 797. The number of nitrogens with one attached hydrogen (secondary N) is 1. The number of hydrogen-bond donors (Lipinski definition) is 1. The molecule has 4 rings (SSSR count). The molecule has 31 heavy (non-hydrogen) atoms. The zero-order valence-electron chi connectivity index (χ0n) is 18.2. The van der Waals surface area contributed by atoms with Gasteiger partial charge in [0.2, 0.25) is 11.8 Å². The van der Waals surface area contributed by atoms with Crippen LogP contribution in [0.15, 0.2) is 18.2 Å². The monoisotopic (exact) mass is 449 g/mol. The van der Waals surface area contributed by atoms with Gasteiger partial charge in [0.1, 0.15) is 11.4 Å². The smallest absolute Gasteiger partial charge is 0.243 e. The van der Waals surface area contributed by atoms with E-state index in [1.165, 1.54) is 0 Å². The number of methoxy groups -OCH3 is 2. The first-order chi connectivity index (χ1) is 15.1. The topological polar surface area (TPSA) is 80.3 Å². The van der Waals surface area contributed by atoms with E-state index < -0.39 is 6.04 Å². The van der Waals surface area contributed by atoms with Crippen molar-refractivity contribution in [3.63, 3.8) is 0 Å². The number of rotatable bonds is 8. The van der Waals surface area contributed by atoms with Crippen LogP contribution >= 0.6 is 11.8 Å². The minimum absolute atomic E-state index is 0.0463. The van der Waals surface area contributed by atoms with Crippen LogP contribution in [0.2, 0.25) is 0 Å². The van der Waals surface area contributed by atoms with Crippen molar-refractivity contribution in [2.24, 2.45) is 5.92 Å². The summed E-state index contributed by atoms with van der Waals surface area (Å²) in [7, 11) is 3.20. The minimum atomic E-state index is -0.458. The van der Waals surface area contributed by atoms with Gasteiger partial charge in [-0.05, 0) is 30.5 Å². The Hall–Kier alpha value is -1.97. The maximum absolute atomic E-state index is 13.2. The lowest BCUT2D eigenvalue weighted by molar-refractivity contribution is -0.140. The first kappa shape index (κ1) is 22.2. The van der Waals surface area contributed by atoms with Crippen LogP contribution in [0.5, 0.6) is 11.5 Å². The number of nitrogens with zero attached hydrogens (tertiary/aromatic N) is 2. The number of benzene rings is 1. The number of ether oxygens (including phenoxy) is 3. The summed E-state index contributed by atoms with van der Waals surface area (Å²) in [4.78, 5) is 30.3. The Labute approximate surface area is 187 Å². The van der Waals surface area contributed by atoms with Gasteiger partial charge >= 0.3 is 0 Å². The molecule has 170 valence electrons. The molecule has 2 heterocycles. The van der Waals surface area contributed by atoms with E-state index in [9.17, 15) is 9.59 Å². The lowest BCUT2D eigenvalue weighted by atomic mass is 10.1. The SMILES string of the molecule is COc1ccc(C2SCC(C(=O)NCCN3CCOCC3)N2C(=O)C2CC2)cc1OC. The van der Waals surface area contributed by atoms with Gasteiger partial charge in [-0.15, -0.1) is 11.8 Å². The number of amides is 2. The first-order valence-electron chi connectivity index (χ1n) is 10.9. The highest BCUT2D eigenvalue weighted by Gasteiger charge is 2.46. The molecule has 1 N–H and O–H groups in total. The van der Waals surface area contributed by atoms with Crippen molar-refractivity contribution in [3.8, 4) is 11.5 Å². The van der Waals surface area contributed by atoms with Gasteiger partial charge in [0.05, 0.1) is 27.4 Å². The largest absolute Gasteiger partial charge is 0.493 e. The molecular formula is C22H31N3O5S. The van der Waals surface area contributed by atoms with Crippen molar-refractivity contribution in [2.75, 3.05) is 59.4 Å². The Morgan fingerprint density at radius 3 is 2.58 bits per heavy atom. The van der Waals surface area contributed by atoms with Crippen molar-refractivity contribution >= 4 is 23.6 Å². The maximum Gasteiger partial charge on any atom is 0.243 e. The third-order valence-corrected chi connectivity index (χ3v) is 7.33. The first-order valence-corrected chi connectivity index (χ1v) is 11.9. The quantitative estimate of drug-likeness (QED) is 0.644. The lowest BCUT2D eigenvalue weighted by Crippen LogP contribution is -2.50. The molecule has 0 radical (unpaired) electrons. The molecule has 1 aromatic rings. The van der Waals surface area contributed by atoms with Gasteiger partial charge in [-0.1, -0.05) is 6.07 Å². The van der Waals surface area contributed by atoms with Crippen LogP contribution in [-0.4, -0.2) is 87.0 Å². The predicted molar refractivity (Wildman–Crippen MR) is 118 cm³/mol. The molecule has 3 aliphatic rings. The Balaban J connectivity index is 1.45. The highest BCUT2D eigenvalue weighted by Crippen LogP contribution is 2.46. The molecule has 3 fully saturated rings. The average molecular weight is 450 g/mol. The molecule has 2 atom stereocenters. The van der Waals surface area contributed by atoms with E-state index in [1.807, 2.05) is 18.2 Å². The fraction of sp³-hybridized carbons (Fsp3) is 0.636. The highest BCUT2D eigenvalue weighted by molar-refractivity contribution is 7.99. The number of morpholine rings is 1. The second kappa shape index (κ2) is 10.1. The van der Waals surface area contributed by atoms with Gasteiger partial charge in [-0.3, -0.25) is 14.5 Å². The van der Waals surface area contributed by atoms with E-state index >= 15 is 0 Å². The number of carbonyl (C=O) groups is 2. The fourth-order valence-electron chi connectivity index (χ4n) is 4.06. The van der Waals surface area contributed by atoms with Crippen molar-refractivity contribution in [2.45, 2.75) is 24.3 Å². The molecule has 0 spiro atoms. The third kappa shape index (κ3) is 5.10. The summed E-state index contributed by atoms with van der Waals surface area (Å²) in [5.41, 5.74) is 0.945. The van der Waals surface area contributed by atoms with E-state index in [2.05, 4.69) is 10.2 Å². The van der Waals surface area contributed by atoms with Gasteiger partial charge in [0.25, 0.3) is 0 Å². The standard InChI is InChI=1S/C22H31N3O5S/c1-28-18-6-5-16(13-19(18)29-2)22-25(21(27)15-3-4-15)17(14-31-22)20(26)23-7-8-24-9-11-30-12-10-24/h5-6,13,15,17,22H,3-4,7-12,14H2,1-2H3,(H,23,26). The van der Waals surface area contributed by atoms with E-state index in [0.29, 0.717) is 23.8 Å².